The molecular weight excluding hydrogens is 893 g/mol. The summed E-state index contributed by atoms with van der Waals surface area (Å²) in [4.78, 5) is 93.7. The Labute approximate surface area is 396 Å². The second kappa shape index (κ2) is 19.5. The lowest BCUT2D eigenvalue weighted by molar-refractivity contribution is -0.128. The van der Waals surface area contributed by atoms with Gasteiger partial charge in [0.15, 0.2) is 28.9 Å². The summed E-state index contributed by atoms with van der Waals surface area (Å²) >= 11 is 0. The van der Waals surface area contributed by atoms with E-state index in [1.54, 1.807) is 19.9 Å². The number of aliphatic hydroxyl groups excluding tert-OH is 2. The van der Waals surface area contributed by atoms with Crippen molar-refractivity contribution in [3.05, 3.63) is 99.1 Å². The van der Waals surface area contributed by atoms with E-state index >= 15 is 0 Å². The van der Waals surface area contributed by atoms with E-state index in [0.717, 1.165) is 0 Å². The van der Waals surface area contributed by atoms with Gasteiger partial charge in [0.2, 0.25) is 11.8 Å². The second-order valence-corrected chi connectivity index (χ2v) is 17.4. The first-order valence-corrected chi connectivity index (χ1v) is 22.0. The first-order valence-electron chi connectivity index (χ1n) is 22.0. The van der Waals surface area contributed by atoms with Crippen molar-refractivity contribution >= 4 is 52.8 Å². The number of fused-ring (bicyclic) bond motifs is 4. The number of urea groups is 1. The maximum atomic E-state index is 14.4. The van der Waals surface area contributed by atoms with Gasteiger partial charge in [-0.25, -0.2) is 9.59 Å². The number of nitrogens with one attached hydrogen (secondary N) is 5. The maximum absolute atomic E-state index is 14.4. The summed E-state index contributed by atoms with van der Waals surface area (Å²) in [7, 11) is 2.84. The molecule has 2 aliphatic carbocycles. The van der Waals surface area contributed by atoms with E-state index in [9.17, 15) is 48.9 Å². The fourth-order valence-electron chi connectivity index (χ4n) is 8.89. The molecule has 7 rings (SSSR count). The van der Waals surface area contributed by atoms with Gasteiger partial charge in [0.1, 0.15) is 24.4 Å². The molecule has 4 aliphatic rings. The van der Waals surface area contributed by atoms with Crippen LogP contribution in [0.3, 0.4) is 0 Å². The number of nitrogens with zero attached hydrogens (tertiary/aromatic N) is 1. The van der Waals surface area contributed by atoms with Crippen LogP contribution in [0.15, 0.2) is 54.6 Å². The fourth-order valence-corrected chi connectivity index (χ4v) is 8.89. The van der Waals surface area contributed by atoms with E-state index in [-0.39, 0.29) is 88.8 Å². The summed E-state index contributed by atoms with van der Waals surface area (Å²) in [5.74, 6) is 7.40. The van der Waals surface area contributed by atoms with Crippen molar-refractivity contribution < 1.29 is 58.4 Å². The van der Waals surface area contributed by atoms with Crippen molar-refractivity contribution in [1.29, 1.82) is 0 Å². The number of primary amides is 1. The van der Waals surface area contributed by atoms with Crippen molar-refractivity contribution in [3.8, 4) is 29.4 Å². The second-order valence-electron chi connectivity index (χ2n) is 17.4. The number of ketones is 2. The smallest absolute Gasteiger partial charge is 0.410 e. The number of aliphatic hydroxyl groups is 2. The highest BCUT2D eigenvalue weighted by atomic mass is 16.7. The van der Waals surface area contributed by atoms with Gasteiger partial charge in [-0.1, -0.05) is 49.7 Å². The number of aromatic hydroxyl groups is 1. The Hall–Kier alpha value is -7.75. The minimum atomic E-state index is -1.72. The molecule has 0 spiro atoms. The van der Waals surface area contributed by atoms with E-state index in [1.165, 1.54) is 74.5 Å². The lowest BCUT2D eigenvalue weighted by Crippen LogP contribution is -2.54. The van der Waals surface area contributed by atoms with Crippen molar-refractivity contribution in [2.45, 2.75) is 88.3 Å². The summed E-state index contributed by atoms with van der Waals surface area (Å²) in [5, 5.41) is 47.4. The summed E-state index contributed by atoms with van der Waals surface area (Å²) in [6, 6.07) is 6.33. The van der Waals surface area contributed by atoms with E-state index in [4.69, 9.17) is 20.9 Å². The van der Waals surface area contributed by atoms with Crippen LogP contribution in [0.4, 0.5) is 21.0 Å². The van der Waals surface area contributed by atoms with Crippen LogP contribution in [0.2, 0.25) is 0 Å². The Morgan fingerprint density at radius 2 is 1.68 bits per heavy atom. The highest BCUT2D eigenvalue weighted by Crippen LogP contribution is 2.67. The number of benzene rings is 3. The molecule has 2 heterocycles. The molecule has 360 valence electrons. The quantitative estimate of drug-likeness (QED) is 0.0347. The molecule has 3 aromatic carbocycles. The number of carbonyl (C=O) groups is 7. The van der Waals surface area contributed by atoms with Crippen molar-refractivity contribution in [3.63, 3.8) is 0 Å². The third kappa shape index (κ3) is 9.06. The molecule has 7 atom stereocenters. The molecule has 3 aromatic rings. The standard InChI is InChI=1S/C49H52N8O12/c1-24(2)39(50)45(65)55-33(11-10-18-53-46(51)66)44(64)54-28-16-15-27(30(20-28)43(63)52-4)23-68-47(67)57(5)22-26-14-17-29-31(19-26)42(62)37-34(59)21-32-40(38(37)41(29)61)56-35-12-8-6-7-9-13-36(60)49(32)48(35,69-49)25(3)58/h6-7,14-17,19-21,24-25,33,35-36,39,56,58-60H,10-11,18,22-23,50H2,1-5H3,(H,52,63)(H,54,64)(H,55,65)(H3,51,53,66)/b7-6-/t25-,33+,35+,36-,39+,48+,49+/m1/s1. The third-order valence-corrected chi connectivity index (χ3v) is 12.6. The normalized spacial score (nSPS) is 21.8. The van der Waals surface area contributed by atoms with Gasteiger partial charge in [-0.15, -0.1) is 0 Å². The summed E-state index contributed by atoms with van der Waals surface area (Å²) in [6.07, 6.45) is -0.237. The zero-order valence-electron chi connectivity index (χ0n) is 38.3. The Bertz CT molecular complexity index is 2840. The van der Waals surface area contributed by atoms with E-state index in [1.807, 2.05) is 0 Å². The van der Waals surface area contributed by atoms with Gasteiger partial charge >= 0.3 is 12.1 Å². The molecule has 0 aromatic heterocycles. The number of epoxide rings is 1. The Morgan fingerprint density at radius 1 is 0.971 bits per heavy atom. The van der Waals surface area contributed by atoms with E-state index in [2.05, 4.69) is 50.3 Å². The van der Waals surface area contributed by atoms with Crippen LogP contribution in [0.5, 0.6) is 5.75 Å². The minimum Gasteiger partial charge on any atom is -0.507 e. The predicted molar refractivity (Wildman–Crippen MR) is 248 cm³/mol. The fraction of sp³-hybridized carbons (Fsp3) is 0.367. The zero-order valence-corrected chi connectivity index (χ0v) is 38.3. The molecule has 0 saturated carbocycles. The maximum Gasteiger partial charge on any atom is 0.410 e. The van der Waals surface area contributed by atoms with Gasteiger partial charge in [0.05, 0.1) is 29.0 Å². The third-order valence-electron chi connectivity index (χ3n) is 12.6. The Morgan fingerprint density at radius 3 is 2.36 bits per heavy atom. The van der Waals surface area contributed by atoms with Gasteiger partial charge in [0.25, 0.3) is 5.91 Å². The molecule has 69 heavy (non-hydrogen) atoms. The number of carbonyl (C=O) groups excluding carboxylic acids is 7. The zero-order chi connectivity index (χ0) is 50.1. The number of phenolic OH excluding ortho intramolecular Hbond substituents is 1. The topological polar surface area (TPSA) is 317 Å². The molecule has 20 heteroatoms. The Kier molecular flexibility index (Phi) is 13.9. The summed E-state index contributed by atoms with van der Waals surface area (Å²) < 4.78 is 11.8. The van der Waals surface area contributed by atoms with Gasteiger partial charge in [-0.05, 0) is 73.7 Å². The molecule has 0 unspecified atom stereocenters. The van der Waals surface area contributed by atoms with Gasteiger partial charge < -0.3 is 67.7 Å². The highest BCUT2D eigenvalue weighted by molar-refractivity contribution is 6.31. The van der Waals surface area contributed by atoms with Crippen LogP contribution >= 0.6 is 0 Å². The van der Waals surface area contributed by atoms with Gasteiger partial charge in [-0.2, -0.15) is 0 Å². The lowest BCUT2D eigenvalue weighted by Gasteiger charge is -2.37. The monoisotopic (exact) mass is 944 g/mol. The number of ether oxygens (including phenoxy) is 2. The number of hydrogen-bond donors (Lipinski definition) is 10. The summed E-state index contributed by atoms with van der Waals surface area (Å²) in [5.41, 5.74) is 8.61. The van der Waals surface area contributed by atoms with Crippen LogP contribution in [-0.4, -0.2) is 118 Å². The number of allylic oxidation sites excluding steroid dienone is 2. The molecule has 1 fully saturated rings. The molecule has 20 nitrogen and oxygen atoms in total. The lowest BCUT2D eigenvalue weighted by atomic mass is 9.69. The van der Waals surface area contributed by atoms with E-state index in [0.29, 0.717) is 5.56 Å². The van der Waals surface area contributed by atoms with Crippen molar-refractivity contribution in [1.82, 2.24) is 20.9 Å². The molecule has 2 aliphatic heterocycles. The Balaban J connectivity index is 1.06. The number of hydrogen-bond acceptors (Lipinski definition) is 14. The average Bonchev–Trinajstić information content (AvgIpc) is 4.05. The van der Waals surface area contributed by atoms with E-state index < -0.39 is 88.7 Å². The number of amides is 6. The highest BCUT2D eigenvalue weighted by Gasteiger charge is 2.82. The van der Waals surface area contributed by atoms with Crippen molar-refractivity contribution in [2.75, 3.05) is 31.3 Å². The molecule has 1 saturated heterocycles. The van der Waals surface area contributed by atoms with Crippen LogP contribution in [-0.2, 0) is 37.8 Å². The number of phenols is 1. The largest absolute Gasteiger partial charge is 0.507 e. The van der Waals surface area contributed by atoms with Crippen molar-refractivity contribution in [2.24, 2.45) is 17.4 Å². The van der Waals surface area contributed by atoms with Crippen LogP contribution < -0.4 is 38.1 Å². The van der Waals surface area contributed by atoms with Gasteiger partial charge in [-0.3, -0.25) is 24.0 Å². The predicted octanol–water partition coefficient (Wildman–Crippen LogP) is 1.23. The number of anilines is 2. The number of nitrogens with two attached hydrogens (primary N) is 2. The van der Waals surface area contributed by atoms with Gasteiger partial charge in [0, 0.05) is 60.7 Å². The average molecular weight is 945 g/mol. The molecule has 0 radical (unpaired) electrons. The first-order chi connectivity index (χ1) is 32.8. The molecule has 2 bridgehead atoms. The van der Waals surface area contributed by atoms with Crippen LogP contribution in [0.25, 0.3) is 0 Å². The minimum absolute atomic E-state index is 0.00991. The van der Waals surface area contributed by atoms with Crippen LogP contribution in [0, 0.1) is 29.6 Å². The molecular formula is C49H52N8O12. The SMILES string of the molecule is CNC(=O)c1cc(NC(=O)[C@H](CCCNC(N)=O)NC(=O)[C@@H](N)C(C)C)ccc1COC(=O)N(C)Cc1ccc2c(c1)C(=O)c1c(O)cc3c(c1C2=O)N[C@H]1C#C/C=C\C#C[C@@H](O)[C@@]32O[C@@]12[C@@H](C)O. The summed E-state index contributed by atoms with van der Waals surface area (Å²) in [6.45, 7) is 4.66. The first kappa shape index (κ1) is 49.2. The molecule has 6 amide bonds. The molecule has 12 N–H and O–H groups in total. The number of rotatable bonds is 15. The van der Waals surface area contributed by atoms with Crippen LogP contribution in [0.1, 0.15) is 92.5 Å².